The topological polar surface area (TPSA) is 37.8 Å². The van der Waals surface area contributed by atoms with E-state index in [-0.39, 0.29) is 0 Å². The number of nitrogens with zero attached hydrogens (tertiary/aromatic N) is 2. The van der Waals surface area contributed by atoms with E-state index in [1.165, 1.54) is 17.9 Å². The molecule has 0 aromatic carbocycles. The molecule has 0 aliphatic carbocycles. The number of rotatable bonds is 6. The van der Waals surface area contributed by atoms with Gasteiger partial charge in [0.05, 0.1) is 15.4 Å². The highest BCUT2D eigenvalue weighted by atomic mass is 79.9. The van der Waals surface area contributed by atoms with Crippen molar-refractivity contribution in [3.8, 4) is 0 Å². The number of hydrogen-bond donors (Lipinski definition) is 1. The SMILES string of the molecule is CCCc1nc(C2SCCSC2CC)nc(NCC)c1Br. The van der Waals surface area contributed by atoms with Gasteiger partial charge < -0.3 is 5.32 Å². The summed E-state index contributed by atoms with van der Waals surface area (Å²) in [6.07, 6.45) is 3.28. The second-order valence-electron chi connectivity index (χ2n) is 5.08. The van der Waals surface area contributed by atoms with E-state index in [9.17, 15) is 0 Å². The Hall–Kier alpha value is 0.0600. The molecule has 1 N–H and O–H groups in total. The van der Waals surface area contributed by atoms with E-state index in [0.29, 0.717) is 10.5 Å². The summed E-state index contributed by atoms with van der Waals surface area (Å²) < 4.78 is 1.04. The van der Waals surface area contributed by atoms with Crippen LogP contribution in [0.3, 0.4) is 0 Å². The summed E-state index contributed by atoms with van der Waals surface area (Å²) in [5.41, 5.74) is 1.14. The van der Waals surface area contributed by atoms with E-state index in [1.54, 1.807) is 0 Å². The molecule has 0 bridgehead atoms. The Morgan fingerprint density at radius 3 is 2.62 bits per heavy atom. The molecule has 0 radical (unpaired) electrons. The molecule has 118 valence electrons. The Kier molecular flexibility index (Phi) is 7.16. The number of aryl methyl sites for hydroxylation is 1. The van der Waals surface area contributed by atoms with Gasteiger partial charge in [0, 0.05) is 23.3 Å². The van der Waals surface area contributed by atoms with Crippen molar-refractivity contribution in [2.75, 3.05) is 23.4 Å². The van der Waals surface area contributed by atoms with Crippen LogP contribution in [0.2, 0.25) is 0 Å². The second kappa shape index (κ2) is 8.63. The van der Waals surface area contributed by atoms with E-state index in [0.717, 1.165) is 41.2 Å². The summed E-state index contributed by atoms with van der Waals surface area (Å²) in [4.78, 5) is 9.72. The summed E-state index contributed by atoms with van der Waals surface area (Å²) in [6, 6.07) is 0. The zero-order valence-corrected chi connectivity index (χ0v) is 16.2. The average Bonchev–Trinajstić information content (AvgIpc) is 2.51. The molecule has 1 aromatic heterocycles. The van der Waals surface area contributed by atoms with Gasteiger partial charge in [0.1, 0.15) is 11.6 Å². The minimum atomic E-state index is 0.426. The number of thioether (sulfide) groups is 2. The molecule has 2 atom stereocenters. The number of anilines is 1. The maximum absolute atomic E-state index is 4.89. The molecule has 1 aromatic rings. The zero-order chi connectivity index (χ0) is 15.2. The summed E-state index contributed by atoms with van der Waals surface area (Å²) in [6.45, 7) is 7.45. The Morgan fingerprint density at radius 2 is 1.95 bits per heavy atom. The van der Waals surface area contributed by atoms with Crippen LogP contribution in [0.5, 0.6) is 0 Å². The summed E-state index contributed by atoms with van der Waals surface area (Å²) in [5.74, 6) is 4.42. The molecule has 3 nitrogen and oxygen atoms in total. The quantitative estimate of drug-likeness (QED) is 0.746. The highest BCUT2D eigenvalue weighted by Gasteiger charge is 2.29. The van der Waals surface area contributed by atoms with Gasteiger partial charge in [-0.15, -0.1) is 11.8 Å². The number of hydrogen-bond acceptors (Lipinski definition) is 5. The molecule has 1 aliphatic heterocycles. The largest absolute Gasteiger partial charge is 0.369 e. The fourth-order valence-corrected chi connectivity index (χ4v) is 5.98. The Labute approximate surface area is 145 Å². The molecule has 1 fully saturated rings. The van der Waals surface area contributed by atoms with Crippen molar-refractivity contribution in [1.82, 2.24) is 9.97 Å². The van der Waals surface area contributed by atoms with Gasteiger partial charge in [-0.25, -0.2) is 9.97 Å². The van der Waals surface area contributed by atoms with Gasteiger partial charge in [0.2, 0.25) is 0 Å². The third kappa shape index (κ3) is 4.29. The number of aromatic nitrogens is 2. The lowest BCUT2D eigenvalue weighted by Gasteiger charge is -2.29. The first-order valence-electron chi connectivity index (χ1n) is 7.74. The van der Waals surface area contributed by atoms with Crippen LogP contribution in [0.1, 0.15) is 50.4 Å². The molecule has 2 heterocycles. The first-order chi connectivity index (χ1) is 10.2. The van der Waals surface area contributed by atoms with Crippen LogP contribution in [0.25, 0.3) is 0 Å². The molecule has 6 heteroatoms. The van der Waals surface area contributed by atoms with Crippen LogP contribution >= 0.6 is 39.5 Å². The number of nitrogens with one attached hydrogen (secondary N) is 1. The minimum Gasteiger partial charge on any atom is -0.369 e. The van der Waals surface area contributed by atoms with Gasteiger partial charge in [-0.05, 0) is 35.7 Å². The molecule has 1 saturated heterocycles. The van der Waals surface area contributed by atoms with E-state index in [1.807, 2.05) is 11.8 Å². The third-order valence-electron chi connectivity index (χ3n) is 3.48. The minimum absolute atomic E-state index is 0.426. The first kappa shape index (κ1) is 17.4. The van der Waals surface area contributed by atoms with Gasteiger partial charge >= 0.3 is 0 Å². The summed E-state index contributed by atoms with van der Waals surface area (Å²) >= 11 is 7.77. The average molecular weight is 390 g/mol. The Balaban J connectivity index is 2.36. The molecule has 0 amide bonds. The lowest BCUT2D eigenvalue weighted by Crippen LogP contribution is -2.21. The monoisotopic (exact) mass is 389 g/mol. The van der Waals surface area contributed by atoms with Crippen molar-refractivity contribution >= 4 is 45.3 Å². The van der Waals surface area contributed by atoms with Gasteiger partial charge in [-0.1, -0.05) is 20.3 Å². The molecular formula is C15H24BrN3S2. The van der Waals surface area contributed by atoms with E-state index in [2.05, 4.69) is 53.8 Å². The van der Waals surface area contributed by atoms with E-state index in [4.69, 9.17) is 9.97 Å². The van der Waals surface area contributed by atoms with Crippen molar-refractivity contribution in [3.63, 3.8) is 0 Å². The van der Waals surface area contributed by atoms with Gasteiger partial charge in [-0.3, -0.25) is 0 Å². The second-order valence-corrected chi connectivity index (χ2v) is 8.47. The van der Waals surface area contributed by atoms with E-state index >= 15 is 0 Å². The fraction of sp³-hybridized carbons (Fsp3) is 0.733. The first-order valence-corrected chi connectivity index (χ1v) is 10.6. The zero-order valence-electron chi connectivity index (χ0n) is 13.0. The molecule has 0 saturated carbocycles. The third-order valence-corrected chi connectivity index (χ3v) is 7.55. The Morgan fingerprint density at radius 1 is 1.19 bits per heavy atom. The maximum Gasteiger partial charge on any atom is 0.145 e. The predicted molar refractivity (Wildman–Crippen MR) is 99.6 cm³/mol. The van der Waals surface area contributed by atoms with Crippen molar-refractivity contribution in [3.05, 3.63) is 16.0 Å². The van der Waals surface area contributed by atoms with Crippen molar-refractivity contribution < 1.29 is 0 Å². The predicted octanol–water partition coefficient (Wildman–Crippen LogP) is 4.92. The lowest BCUT2D eigenvalue weighted by atomic mass is 10.2. The highest BCUT2D eigenvalue weighted by molar-refractivity contribution is 9.10. The van der Waals surface area contributed by atoms with E-state index < -0.39 is 0 Å². The molecule has 1 aliphatic rings. The Bertz CT molecular complexity index is 443. The smallest absolute Gasteiger partial charge is 0.145 e. The van der Waals surface area contributed by atoms with Crippen molar-refractivity contribution in [2.45, 2.75) is 50.5 Å². The van der Waals surface area contributed by atoms with Crippen LogP contribution in [0, 0.1) is 0 Å². The van der Waals surface area contributed by atoms with Crippen molar-refractivity contribution in [1.29, 1.82) is 0 Å². The molecule has 2 unspecified atom stereocenters. The highest BCUT2D eigenvalue weighted by Crippen LogP contribution is 2.43. The molecule has 21 heavy (non-hydrogen) atoms. The van der Waals surface area contributed by atoms with Crippen LogP contribution < -0.4 is 5.32 Å². The van der Waals surface area contributed by atoms with Crippen LogP contribution in [-0.4, -0.2) is 33.3 Å². The van der Waals surface area contributed by atoms with Gasteiger partial charge in [-0.2, -0.15) is 11.8 Å². The van der Waals surface area contributed by atoms with Crippen LogP contribution in [0.15, 0.2) is 4.47 Å². The van der Waals surface area contributed by atoms with Crippen LogP contribution in [0.4, 0.5) is 5.82 Å². The lowest BCUT2D eigenvalue weighted by molar-refractivity contribution is 0.733. The molecule has 2 rings (SSSR count). The van der Waals surface area contributed by atoms with Crippen LogP contribution in [-0.2, 0) is 6.42 Å². The normalized spacial score (nSPS) is 22.3. The summed E-state index contributed by atoms with van der Waals surface area (Å²) in [7, 11) is 0. The number of halogens is 1. The molecular weight excluding hydrogens is 366 g/mol. The maximum atomic E-state index is 4.89. The van der Waals surface area contributed by atoms with Gasteiger partial charge in [0.25, 0.3) is 0 Å². The van der Waals surface area contributed by atoms with Crippen molar-refractivity contribution in [2.24, 2.45) is 0 Å². The van der Waals surface area contributed by atoms with Gasteiger partial charge in [0.15, 0.2) is 0 Å². The fourth-order valence-electron chi connectivity index (χ4n) is 2.47. The molecule has 0 spiro atoms. The standard InChI is InChI=1S/C15H24BrN3S2/c1-4-7-10-12(16)14(17-6-3)19-15(18-10)13-11(5-2)20-8-9-21-13/h11,13H,4-9H2,1-3H3,(H,17,18,19). The summed E-state index contributed by atoms with van der Waals surface area (Å²) in [5, 5.41) is 4.43.